The lowest BCUT2D eigenvalue weighted by Crippen LogP contribution is -2.28. The molecule has 1 N–H and O–H groups in total. The molecule has 8 heteroatoms. The molecule has 4 rings (SSSR count). The van der Waals surface area contributed by atoms with Crippen molar-refractivity contribution < 1.29 is 9.63 Å². The van der Waals surface area contributed by atoms with Gasteiger partial charge < -0.3 is 4.84 Å². The van der Waals surface area contributed by atoms with Crippen LogP contribution >= 0.6 is 22.9 Å². The van der Waals surface area contributed by atoms with Crippen LogP contribution in [0.2, 0.25) is 5.15 Å². The first-order chi connectivity index (χ1) is 12.1. The zero-order valence-electron chi connectivity index (χ0n) is 13.2. The normalized spacial score (nSPS) is 16.6. The molecule has 1 aromatic carbocycles. The predicted molar refractivity (Wildman–Crippen MR) is 98.3 cm³/mol. The lowest BCUT2D eigenvalue weighted by atomic mass is 10.0. The Labute approximate surface area is 152 Å². The van der Waals surface area contributed by atoms with Crippen molar-refractivity contribution in [2.45, 2.75) is 19.4 Å². The topological polar surface area (TPSA) is 76.5 Å². The van der Waals surface area contributed by atoms with E-state index >= 15 is 0 Å². The molecule has 6 nitrogen and oxygen atoms in total. The van der Waals surface area contributed by atoms with Crippen LogP contribution in [0.5, 0.6) is 0 Å². The molecule has 25 heavy (non-hydrogen) atoms. The number of anilines is 1. The fourth-order valence-corrected chi connectivity index (χ4v) is 3.65. The minimum atomic E-state index is -0.668. The number of aryl methyl sites for hydroxylation is 1. The van der Waals surface area contributed by atoms with E-state index in [1.54, 1.807) is 12.1 Å². The molecule has 0 aliphatic carbocycles. The van der Waals surface area contributed by atoms with E-state index in [4.69, 9.17) is 16.4 Å². The van der Waals surface area contributed by atoms with Crippen LogP contribution in [0.1, 0.15) is 17.5 Å². The molecule has 0 radical (unpaired) electrons. The Morgan fingerprint density at radius 3 is 2.96 bits per heavy atom. The molecule has 0 spiro atoms. The number of hydrogen-bond acceptors (Lipinski definition) is 6. The molecule has 1 aliphatic rings. The Hall–Kier alpha value is -2.51. The Morgan fingerprint density at radius 1 is 1.28 bits per heavy atom. The molecule has 1 aliphatic heterocycles. The summed E-state index contributed by atoms with van der Waals surface area (Å²) in [6, 6.07) is 11.3. The molecule has 1 unspecified atom stereocenters. The van der Waals surface area contributed by atoms with E-state index in [0.29, 0.717) is 27.1 Å². The lowest BCUT2D eigenvalue weighted by Gasteiger charge is -2.07. The van der Waals surface area contributed by atoms with E-state index in [-0.39, 0.29) is 5.91 Å². The third kappa shape index (κ3) is 3.20. The maximum absolute atomic E-state index is 12.4. The van der Waals surface area contributed by atoms with Gasteiger partial charge in [-0.15, -0.1) is 0 Å². The van der Waals surface area contributed by atoms with Crippen LogP contribution in [0.4, 0.5) is 5.13 Å². The van der Waals surface area contributed by atoms with E-state index in [1.807, 2.05) is 31.2 Å². The van der Waals surface area contributed by atoms with Crippen LogP contribution in [0.3, 0.4) is 0 Å². The highest BCUT2D eigenvalue weighted by Gasteiger charge is 2.30. The lowest BCUT2D eigenvalue weighted by molar-refractivity contribution is -0.125. The first kappa shape index (κ1) is 16.0. The first-order valence-electron chi connectivity index (χ1n) is 7.63. The standard InChI is InChI=1S/C17H13ClN4O2S/c1-9-4-2-3-5-10(9)12-8-13(24-22-12)15(23)21-17-19-11-6-7-14(18)20-16(11)25-17/h2-7,13H,8H2,1H3,(H,19,21,23). The Bertz CT molecular complexity index is 1000. The average molecular weight is 373 g/mol. The number of benzene rings is 1. The van der Waals surface area contributed by atoms with Crippen molar-refractivity contribution in [2.24, 2.45) is 5.16 Å². The minimum absolute atomic E-state index is 0.280. The van der Waals surface area contributed by atoms with Crippen molar-refractivity contribution in [3.8, 4) is 0 Å². The smallest absolute Gasteiger partial charge is 0.270 e. The van der Waals surface area contributed by atoms with Crippen LogP contribution in [-0.2, 0) is 9.63 Å². The highest BCUT2D eigenvalue weighted by atomic mass is 35.5. The van der Waals surface area contributed by atoms with E-state index in [0.717, 1.165) is 16.8 Å². The quantitative estimate of drug-likeness (QED) is 0.710. The predicted octanol–water partition coefficient (Wildman–Crippen LogP) is 3.78. The maximum atomic E-state index is 12.4. The number of carbonyl (C=O) groups excluding carboxylic acids is 1. The second-order valence-electron chi connectivity index (χ2n) is 5.62. The number of aromatic nitrogens is 2. The van der Waals surface area contributed by atoms with Crippen molar-refractivity contribution in [3.63, 3.8) is 0 Å². The average Bonchev–Trinajstić information content (AvgIpc) is 3.21. The summed E-state index contributed by atoms with van der Waals surface area (Å²) in [7, 11) is 0. The van der Waals surface area contributed by atoms with Gasteiger partial charge in [0.05, 0.1) is 5.71 Å². The molecule has 0 fully saturated rings. The van der Waals surface area contributed by atoms with E-state index in [1.165, 1.54) is 11.3 Å². The van der Waals surface area contributed by atoms with Gasteiger partial charge >= 0.3 is 0 Å². The summed E-state index contributed by atoms with van der Waals surface area (Å²) in [6.07, 6.45) is -0.246. The highest BCUT2D eigenvalue weighted by Crippen LogP contribution is 2.26. The number of nitrogens with one attached hydrogen (secondary N) is 1. The molecule has 2 aromatic heterocycles. The van der Waals surface area contributed by atoms with E-state index < -0.39 is 6.10 Å². The third-order valence-electron chi connectivity index (χ3n) is 3.87. The molecule has 3 aromatic rings. The Morgan fingerprint density at radius 2 is 2.12 bits per heavy atom. The summed E-state index contributed by atoms with van der Waals surface area (Å²) in [4.78, 5) is 26.9. The Kier molecular flexibility index (Phi) is 4.10. The molecule has 0 bridgehead atoms. The van der Waals surface area contributed by atoms with Gasteiger partial charge in [0.2, 0.25) is 6.10 Å². The van der Waals surface area contributed by atoms with E-state index in [2.05, 4.69) is 20.4 Å². The van der Waals surface area contributed by atoms with Gasteiger partial charge in [0.25, 0.3) is 5.91 Å². The van der Waals surface area contributed by atoms with Crippen LogP contribution in [0.15, 0.2) is 41.6 Å². The monoisotopic (exact) mass is 372 g/mol. The van der Waals surface area contributed by atoms with Crippen molar-refractivity contribution in [1.82, 2.24) is 9.97 Å². The number of thiazole rings is 1. The molecule has 0 saturated heterocycles. The fraction of sp³-hybridized carbons (Fsp3) is 0.176. The summed E-state index contributed by atoms with van der Waals surface area (Å²) < 4.78 is 0. The molecular formula is C17H13ClN4O2S. The summed E-state index contributed by atoms with van der Waals surface area (Å²) in [6.45, 7) is 2.00. The second-order valence-corrected chi connectivity index (χ2v) is 6.98. The van der Waals surface area contributed by atoms with Crippen LogP contribution in [0.25, 0.3) is 10.3 Å². The molecule has 0 saturated carbocycles. The SMILES string of the molecule is Cc1ccccc1C1=NOC(C(=O)Nc2nc3ccc(Cl)nc3s2)C1. The van der Waals surface area contributed by atoms with Crippen molar-refractivity contribution in [2.75, 3.05) is 5.32 Å². The summed E-state index contributed by atoms with van der Waals surface area (Å²) in [5.41, 5.74) is 3.56. The van der Waals surface area contributed by atoms with Crippen LogP contribution in [-0.4, -0.2) is 27.7 Å². The number of amides is 1. The number of rotatable bonds is 3. The van der Waals surface area contributed by atoms with E-state index in [9.17, 15) is 4.79 Å². The number of halogens is 1. The molecule has 126 valence electrons. The number of pyridine rings is 1. The number of hydrogen-bond donors (Lipinski definition) is 1. The van der Waals surface area contributed by atoms with Gasteiger partial charge in [-0.3, -0.25) is 10.1 Å². The molecular weight excluding hydrogens is 360 g/mol. The fourth-order valence-electron chi connectivity index (χ4n) is 2.61. The number of nitrogens with zero attached hydrogens (tertiary/aromatic N) is 3. The highest BCUT2D eigenvalue weighted by molar-refractivity contribution is 7.22. The van der Waals surface area contributed by atoms with Crippen molar-refractivity contribution >= 4 is 50.0 Å². The van der Waals surface area contributed by atoms with Gasteiger partial charge in [-0.25, -0.2) is 9.97 Å². The van der Waals surface area contributed by atoms with Crippen molar-refractivity contribution in [1.29, 1.82) is 0 Å². The first-order valence-corrected chi connectivity index (χ1v) is 8.82. The van der Waals surface area contributed by atoms with Gasteiger partial charge in [0, 0.05) is 12.0 Å². The number of fused-ring (bicyclic) bond motifs is 1. The van der Waals surface area contributed by atoms with Gasteiger partial charge in [-0.2, -0.15) is 0 Å². The van der Waals surface area contributed by atoms with Crippen LogP contribution < -0.4 is 5.32 Å². The zero-order chi connectivity index (χ0) is 17.4. The van der Waals surface area contributed by atoms with Crippen molar-refractivity contribution in [3.05, 3.63) is 52.7 Å². The molecule has 1 amide bonds. The van der Waals surface area contributed by atoms with Gasteiger partial charge in [0.15, 0.2) is 5.13 Å². The second kappa shape index (κ2) is 6.42. The Balaban J connectivity index is 1.46. The summed E-state index contributed by atoms with van der Waals surface area (Å²) >= 11 is 7.14. The van der Waals surface area contributed by atoms with Gasteiger partial charge in [-0.1, -0.05) is 52.4 Å². The van der Waals surface area contributed by atoms with Gasteiger partial charge in [-0.05, 0) is 24.6 Å². The molecule has 1 atom stereocenters. The third-order valence-corrected chi connectivity index (χ3v) is 4.96. The minimum Gasteiger partial charge on any atom is -0.382 e. The maximum Gasteiger partial charge on any atom is 0.270 e. The van der Waals surface area contributed by atoms with Crippen LogP contribution in [0, 0.1) is 6.92 Å². The van der Waals surface area contributed by atoms with Gasteiger partial charge in [0.1, 0.15) is 15.5 Å². The summed E-state index contributed by atoms with van der Waals surface area (Å²) in [5.74, 6) is -0.280. The molecule has 3 heterocycles. The number of carbonyl (C=O) groups is 1. The number of oxime groups is 1. The largest absolute Gasteiger partial charge is 0.382 e. The summed E-state index contributed by atoms with van der Waals surface area (Å²) in [5, 5.41) is 7.69. The zero-order valence-corrected chi connectivity index (χ0v) is 14.8.